The highest BCUT2D eigenvalue weighted by Crippen LogP contribution is 2.09. The Hall–Kier alpha value is -0.900. The Morgan fingerprint density at radius 1 is 1.64 bits per heavy atom. The van der Waals surface area contributed by atoms with Gasteiger partial charge in [0.05, 0.1) is 6.54 Å². The van der Waals surface area contributed by atoms with Gasteiger partial charge in [0.25, 0.3) is 0 Å². The second-order valence-electron chi connectivity index (χ2n) is 4.16. The van der Waals surface area contributed by atoms with Gasteiger partial charge >= 0.3 is 0 Å². The lowest BCUT2D eigenvalue weighted by Crippen LogP contribution is -2.54. The van der Waals surface area contributed by atoms with Gasteiger partial charge in [-0.05, 0) is 6.92 Å². The van der Waals surface area contributed by atoms with Gasteiger partial charge in [-0.25, -0.2) is 0 Å². The fourth-order valence-corrected chi connectivity index (χ4v) is 1.70. The lowest BCUT2D eigenvalue weighted by molar-refractivity contribution is -0.137. The van der Waals surface area contributed by atoms with Crippen molar-refractivity contribution in [3.63, 3.8) is 0 Å². The maximum atomic E-state index is 11.5. The summed E-state index contributed by atoms with van der Waals surface area (Å²) in [7, 11) is 1.83. The van der Waals surface area contributed by atoms with Crippen LogP contribution in [-0.2, 0) is 9.59 Å². The number of likely N-dealkylation sites (N-methyl/N-ethyl adjacent to an activating group) is 1. The fourth-order valence-electron chi connectivity index (χ4n) is 1.70. The molecular weight excluding hydrogens is 180 g/mol. The van der Waals surface area contributed by atoms with Crippen molar-refractivity contribution >= 4 is 12.2 Å². The van der Waals surface area contributed by atoms with Gasteiger partial charge in [-0.2, -0.15) is 0 Å². The number of hydrogen-bond donors (Lipinski definition) is 0. The first-order valence-electron chi connectivity index (χ1n) is 4.98. The predicted octanol–water partition coefficient (Wildman–Crippen LogP) is -0.0161. The van der Waals surface area contributed by atoms with Crippen molar-refractivity contribution in [2.75, 3.05) is 26.7 Å². The predicted molar refractivity (Wildman–Crippen MR) is 53.9 cm³/mol. The number of carbonyl (C=O) groups excluding carboxylic acids is 2. The molecule has 80 valence electrons. The van der Waals surface area contributed by atoms with Crippen LogP contribution in [0.25, 0.3) is 0 Å². The van der Waals surface area contributed by atoms with Gasteiger partial charge in [-0.3, -0.25) is 9.69 Å². The molecule has 0 aromatic heterocycles. The molecule has 0 radical (unpaired) electrons. The monoisotopic (exact) mass is 198 g/mol. The van der Waals surface area contributed by atoms with E-state index in [1.165, 1.54) is 0 Å². The lowest BCUT2D eigenvalue weighted by Gasteiger charge is -2.37. The Bertz CT molecular complexity index is 230. The average Bonchev–Trinajstić information content (AvgIpc) is 2.14. The fraction of sp³-hybridized carbons (Fsp3) is 0.800. The highest BCUT2D eigenvalue weighted by molar-refractivity contribution is 5.79. The molecule has 0 spiro atoms. The minimum Gasteiger partial charge on any atom is -0.341 e. The van der Waals surface area contributed by atoms with Crippen molar-refractivity contribution in [3.8, 4) is 0 Å². The zero-order chi connectivity index (χ0) is 10.7. The normalized spacial score (nSPS) is 26.4. The molecule has 1 saturated heterocycles. The molecule has 4 nitrogen and oxygen atoms in total. The van der Waals surface area contributed by atoms with Crippen molar-refractivity contribution in [1.29, 1.82) is 0 Å². The van der Waals surface area contributed by atoms with E-state index in [2.05, 4.69) is 0 Å². The third-order valence-electron chi connectivity index (χ3n) is 2.71. The molecule has 14 heavy (non-hydrogen) atoms. The topological polar surface area (TPSA) is 40.6 Å². The van der Waals surface area contributed by atoms with Crippen LogP contribution in [0.1, 0.15) is 13.8 Å². The molecule has 0 N–H and O–H groups in total. The number of nitrogens with zero attached hydrogens (tertiary/aromatic N) is 2. The maximum Gasteiger partial charge on any atom is 0.236 e. The molecule has 0 saturated carbocycles. The molecule has 0 aromatic rings. The van der Waals surface area contributed by atoms with E-state index in [1.54, 1.807) is 4.90 Å². The van der Waals surface area contributed by atoms with E-state index in [0.717, 1.165) is 12.8 Å². The van der Waals surface area contributed by atoms with Crippen LogP contribution >= 0.6 is 0 Å². The third-order valence-corrected chi connectivity index (χ3v) is 2.71. The number of rotatable bonds is 3. The summed E-state index contributed by atoms with van der Waals surface area (Å²) in [5, 5.41) is 0. The molecular formula is C10H18N2O2. The number of amides is 1. The molecule has 2 unspecified atom stereocenters. The molecule has 0 aromatic carbocycles. The number of carbonyl (C=O) groups is 2. The summed E-state index contributed by atoms with van der Waals surface area (Å²) >= 11 is 0. The van der Waals surface area contributed by atoms with Crippen molar-refractivity contribution in [3.05, 3.63) is 0 Å². The summed E-state index contributed by atoms with van der Waals surface area (Å²) in [6.45, 7) is 5.89. The van der Waals surface area contributed by atoms with Gasteiger partial charge in [-0.1, -0.05) is 6.92 Å². The van der Waals surface area contributed by atoms with Crippen LogP contribution in [-0.4, -0.2) is 54.7 Å². The van der Waals surface area contributed by atoms with E-state index in [0.29, 0.717) is 13.1 Å². The van der Waals surface area contributed by atoms with Gasteiger partial charge in [0.2, 0.25) is 5.91 Å². The highest BCUT2D eigenvalue weighted by atomic mass is 16.2. The maximum absolute atomic E-state index is 11.5. The van der Waals surface area contributed by atoms with Crippen LogP contribution in [0.3, 0.4) is 0 Å². The molecule has 4 heteroatoms. The number of piperazine rings is 1. The molecule has 1 aliphatic rings. The number of aldehydes is 1. The minimum absolute atomic E-state index is 0.0124. The zero-order valence-corrected chi connectivity index (χ0v) is 9.06. The third kappa shape index (κ3) is 2.54. The first kappa shape index (κ1) is 11.2. The Labute approximate surface area is 84.9 Å². The Morgan fingerprint density at radius 2 is 2.29 bits per heavy atom. The van der Waals surface area contributed by atoms with E-state index in [-0.39, 0.29) is 17.9 Å². The standard InChI is InChI=1S/C10H18N2O2/c1-8(7-13)4-12-5-9(2)11(3)10(14)6-12/h7-9H,4-6H2,1-3H3. The average molecular weight is 198 g/mol. The molecule has 1 heterocycles. The van der Waals surface area contributed by atoms with E-state index < -0.39 is 0 Å². The lowest BCUT2D eigenvalue weighted by atomic mass is 10.1. The van der Waals surface area contributed by atoms with Crippen molar-refractivity contribution < 1.29 is 9.59 Å². The summed E-state index contributed by atoms with van der Waals surface area (Å²) in [5.41, 5.74) is 0. The molecule has 0 aliphatic carbocycles. The van der Waals surface area contributed by atoms with Gasteiger partial charge < -0.3 is 9.69 Å². The first-order chi connectivity index (χ1) is 6.54. The second kappa shape index (κ2) is 4.55. The van der Waals surface area contributed by atoms with E-state index >= 15 is 0 Å². The van der Waals surface area contributed by atoms with Crippen LogP contribution in [0, 0.1) is 5.92 Å². The molecule has 0 bridgehead atoms. The summed E-state index contributed by atoms with van der Waals surface area (Å²) in [5.74, 6) is 0.153. The molecule has 1 fully saturated rings. The largest absolute Gasteiger partial charge is 0.341 e. The summed E-state index contributed by atoms with van der Waals surface area (Å²) in [4.78, 5) is 25.8. The van der Waals surface area contributed by atoms with Crippen LogP contribution in [0.4, 0.5) is 0 Å². The minimum atomic E-state index is 0.0124. The Kier molecular flexibility index (Phi) is 3.63. The summed E-state index contributed by atoms with van der Waals surface area (Å²) in [6.07, 6.45) is 0.938. The van der Waals surface area contributed by atoms with Crippen LogP contribution in [0.2, 0.25) is 0 Å². The summed E-state index contributed by atoms with van der Waals surface area (Å²) < 4.78 is 0. The quantitative estimate of drug-likeness (QED) is 0.599. The SMILES string of the molecule is CC(C=O)CN1CC(=O)N(C)C(C)C1. The number of hydrogen-bond acceptors (Lipinski definition) is 3. The Morgan fingerprint density at radius 3 is 2.79 bits per heavy atom. The molecule has 1 amide bonds. The van der Waals surface area contributed by atoms with Crippen LogP contribution < -0.4 is 0 Å². The van der Waals surface area contributed by atoms with Crippen molar-refractivity contribution in [2.45, 2.75) is 19.9 Å². The first-order valence-corrected chi connectivity index (χ1v) is 4.98. The van der Waals surface area contributed by atoms with Crippen LogP contribution in [0.15, 0.2) is 0 Å². The van der Waals surface area contributed by atoms with Gasteiger partial charge in [0.1, 0.15) is 6.29 Å². The van der Waals surface area contributed by atoms with E-state index in [4.69, 9.17) is 0 Å². The van der Waals surface area contributed by atoms with Gasteiger partial charge in [0.15, 0.2) is 0 Å². The van der Waals surface area contributed by atoms with E-state index in [9.17, 15) is 9.59 Å². The van der Waals surface area contributed by atoms with Crippen molar-refractivity contribution in [1.82, 2.24) is 9.80 Å². The Balaban J connectivity index is 2.49. The molecule has 1 aliphatic heterocycles. The molecule has 1 rings (SSSR count). The van der Waals surface area contributed by atoms with Crippen molar-refractivity contribution in [2.24, 2.45) is 5.92 Å². The smallest absolute Gasteiger partial charge is 0.236 e. The zero-order valence-electron chi connectivity index (χ0n) is 9.06. The second-order valence-corrected chi connectivity index (χ2v) is 4.16. The van der Waals surface area contributed by atoms with Gasteiger partial charge in [-0.15, -0.1) is 0 Å². The van der Waals surface area contributed by atoms with E-state index in [1.807, 2.05) is 25.8 Å². The van der Waals surface area contributed by atoms with Crippen LogP contribution in [0.5, 0.6) is 0 Å². The molecule has 2 atom stereocenters. The highest BCUT2D eigenvalue weighted by Gasteiger charge is 2.27. The van der Waals surface area contributed by atoms with Gasteiger partial charge in [0, 0.05) is 32.1 Å². The summed E-state index contributed by atoms with van der Waals surface area (Å²) in [6, 6.07) is 0.245.